The van der Waals surface area contributed by atoms with Crippen molar-refractivity contribution in [3.05, 3.63) is 41.4 Å². The summed E-state index contributed by atoms with van der Waals surface area (Å²) in [6.45, 7) is 15.1. The minimum atomic E-state index is -0.513. The van der Waals surface area contributed by atoms with E-state index in [0.717, 1.165) is 12.8 Å². The molecule has 0 aromatic carbocycles. The standard InChI is InChI=1S/C18H25FN4O/c1-17(2)11-13(12-18(3,4)23(17)24)9-15(22-20-5)10-14-7-6-8-21-16(14)19/h6-8,13,24H,9-12H2,1-4H3/b22-15-. The van der Waals surface area contributed by atoms with Gasteiger partial charge in [0.2, 0.25) is 5.95 Å². The summed E-state index contributed by atoms with van der Waals surface area (Å²) >= 11 is 0. The molecule has 0 radical (unpaired) electrons. The zero-order chi connectivity index (χ0) is 18.0. The van der Waals surface area contributed by atoms with E-state index in [0.29, 0.717) is 24.1 Å². The van der Waals surface area contributed by atoms with Crippen LogP contribution in [0.15, 0.2) is 23.4 Å². The number of aromatic nitrogens is 1. The van der Waals surface area contributed by atoms with Crippen molar-refractivity contribution < 1.29 is 9.60 Å². The van der Waals surface area contributed by atoms with Crippen LogP contribution in [-0.2, 0) is 6.42 Å². The summed E-state index contributed by atoms with van der Waals surface area (Å²) in [5, 5.41) is 15.7. The Hall–Kier alpha value is -1.84. The van der Waals surface area contributed by atoms with Crippen LogP contribution >= 0.6 is 0 Å². The number of pyridine rings is 1. The van der Waals surface area contributed by atoms with Gasteiger partial charge >= 0.3 is 0 Å². The summed E-state index contributed by atoms with van der Waals surface area (Å²) in [7, 11) is 0. The van der Waals surface area contributed by atoms with Crippen molar-refractivity contribution in [2.45, 2.75) is 64.5 Å². The van der Waals surface area contributed by atoms with Crippen molar-refractivity contribution in [1.82, 2.24) is 10.0 Å². The normalized spacial score (nSPS) is 21.5. The van der Waals surface area contributed by atoms with Crippen LogP contribution in [-0.4, -0.2) is 32.0 Å². The van der Waals surface area contributed by atoms with Gasteiger partial charge in [-0.25, -0.2) is 4.98 Å². The minimum absolute atomic E-state index is 0.277. The van der Waals surface area contributed by atoms with E-state index >= 15 is 0 Å². The second-order valence-corrected chi connectivity index (χ2v) is 7.81. The molecule has 0 atom stereocenters. The Labute approximate surface area is 143 Å². The molecule has 1 saturated heterocycles. The molecular formula is C18H25FN4O. The Morgan fingerprint density at radius 2 is 2.04 bits per heavy atom. The summed E-state index contributed by atoms with van der Waals surface area (Å²) in [5.41, 5.74) is 0.419. The molecule has 0 amide bonds. The molecule has 1 aliphatic heterocycles. The highest BCUT2D eigenvalue weighted by atomic mass is 19.1. The molecule has 6 heteroatoms. The second kappa shape index (κ2) is 6.96. The van der Waals surface area contributed by atoms with Gasteiger partial charge in [-0.1, -0.05) is 6.07 Å². The van der Waals surface area contributed by atoms with E-state index in [-0.39, 0.29) is 17.0 Å². The van der Waals surface area contributed by atoms with Crippen LogP contribution in [0.3, 0.4) is 0 Å². The Kier molecular flexibility index (Phi) is 5.36. The molecule has 1 aliphatic rings. The molecule has 1 aromatic rings. The first-order valence-electron chi connectivity index (χ1n) is 8.16. The number of hydroxylamine groups is 2. The molecule has 5 nitrogen and oxygen atoms in total. The lowest BCUT2D eigenvalue weighted by molar-refractivity contribution is -0.250. The molecule has 1 aromatic heterocycles. The van der Waals surface area contributed by atoms with Crippen LogP contribution < -0.4 is 0 Å². The molecule has 1 fully saturated rings. The van der Waals surface area contributed by atoms with Crippen LogP contribution in [0.25, 0.3) is 4.95 Å². The summed E-state index contributed by atoms with van der Waals surface area (Å²) in [4.78, 5) is 6.81. The molecule has 24 heavy (non-hydrogen) atoms. The molecule has 130 valence electrons. The monoisotopic (exact) mass is 332 g/mol. The van der Waals surface area contributed by atoms with E-state index in [1.807, 2.05) is 27.7 Å². The van der Waals surface area contributed by atoms with E-state index in [9.17, 15) is 9.60 Å². The predicted octanol–water partition coefficient (Wildman–Crippen LogP) is 4.09. The maximum absolute atomic E-state index is 13.8. The van der Waals surface area contributed by atoms with Crippen LogP contribution in [0.4, 0.5) is 4.39 Å². The maximum Gasteiger partial charge on any atom is 0.216 e. The third kappa shape index (κ3) is 4.16. The maximum atomic E-state index is 13.8. The van der Waals surface area contributed by atoms with E-state index in [2.05, 4.69) is 15.0 Å². The fourth-order valence-corrected chi connectivity index (χ4v) is 3.95. The third-order valence-electron chi connectivity index (χ3n) is 4.67. The largest absolute Gasteiger partial charge is 0.313 e. The van der Waals surface area contributed by atoms with Gasteiger partial charge in [0.1, 0.15) is 5.71 Å². The topological polar surface area (TPSA) is 53.1 Å². The number of hydrogen-bond acceptors (Lipinski definition) is 4. The Bertz CT molecular complexity index is 645. The van der Waals surface area contributed by atoms with E-state index in [1.54, 1.807) is 12.1 Å². The third-order valence-corrected chi connectivity index (χ3v) is 4.67. The molecule has 2 rings (SSSR count). The highest BCUT2D eigenvalue weighted by Gasteiger charge is 2.45. The van der Waals surface area contributed by atoms with Crippen LogP contribution in [0.2, 0.25) is 0 Å². The zero-order valence-electron chi connectivity index (χ0n) is 14.8. The second-order valence-electron chi connectivity index (χ2n) is 7.81. The van der Waals surface area contributed by atoms with Gasteiger partial charge < -0.3 is 5.21 Å². The number of halogens is 1. The zero-order valence-corrected chi connectivity index (χ0v) is 14.8. The molecule has 0 aliphatic carbocycles. The SMILES string of the molecule is [C-]#[N+]/N=C(\Cc1cccnc1F)CC1CC(C)(C)N(O)C(C)(C)C1. The summed E-state index contributed by atoms with van der Waals surface area (Å²) in [5.74, 6) is -0.236. The fraction of sp³-hybridized carbons (Fsp3) is 0.611. The molecule has 0 saturated carbocycles. The van der Waals surface area contributed by atoms with Crippen molar-refractivity contribution in [1.29, 1.82) is 0 Å². The van der Waals surface area contributed by atoms with Gasteiger partial charge in [-0.3, -0.25) is 0 Å². The highest BCUT2D eigenvalue weighted by Crippen LogP contribution is 2.41. The number of rotatable bonds is 4. The van der Waals surface area contributed by atoms with E-state index in [4.69, 9.17) is 6.57 Å². The van der Waals surface area contributed by atoms with Gasteiger partial charge in [0.25, 0.3) is 0 Å². The van der Waals surface area contributed by atoms with Crippen molar-refractivity contribution in [3.63, 3.8) is 0 Å². The first kappa shape index (κ1) is 18.5. The molecule has 0 spiro atoms. The van der Waals surface area contributed by atoms with Crippen molar-refractivity contribution in [3.8, 4) is 0 Å². The van der Waals surface area contributed by atoms with Gasteiger partial charge in [0, 0.05) is 29.3 Å². The Balaban J connectivity index is 2.16. The molecule has 2 heterocycles. The summed E-state index contributed by atoms with van der Waals surface area (Å²) in [6, 6.07) is 3.36. The Morgan fingerprint density at radius 1 is 1.42 bits per heavy atom. The number of hydrogen-bond donors (Lipinski definition) is 1. The summed E-state index contributed by atoms with van der Waals surface area (Å²) < 4.78 is 13.8. The summed E-state index contributed by atoms with van der Waals surface area (Å²) in [6.07, 6.45) is 3.91. The Morgan fingerprint density at radius 3 is 2.58 bits per heavy atom. The lowest BCUT2D eigenvalue weighted by atomic mass is 9.73. The minimum Gasteiger partial charge on any atom is -0.313 e. The smallest absolute Gasteiger partial charge is 0.216 e. The average molecular weight is 332 g/mol. The van der Waals surface area contributed by atoms with Crippen LogP contribution in [0, 0.1) is 18.4 Å². The lowest BCUT2D eigenvalue weighted by Gasteiger charge is -2.51. The first-order chi connectivity index (χ1) is 11.2. The average Bonchev–Trinajstić information content (AvgIpc) is 2.47. The van der Waals surface area contributed by atoms with Gasteiger partial charge in [-0.05, 0) is 58.9 Å². The van der Waals surface area contributed by atoms with Gasteiger partial charge in [0.15, 0.2) is 0 Å². The number of nitrogens with zero attached hydrogens (tertiary/aromatic N) is 4. The van der Waals surface area contributed by atoms with Crippen molar-refractivity contribution in [2.24, 2.45) is 11.0 Å². The van der Waals surface area contributed by atoms with Gasteiger partial charge in [-0.2, -0.15) is 16.0 Å². The first-order valence-corrected chi connectivity index (χ1v) is 8.16. The number of piperidine rings is 1. The van der Waals surface area contributed by atoms with Crippen molar-refractivity contribution >= 4 is 5.71 Å². The molecule has 1 N–H and O–H groups in total. The van der Waals surface area contributed by atoms with Crippen LogP contribution in [0.5, 0.6) is 0 Å². The van der Waals surface area contributed by atoms with Crippen LogP contribution in [0.1, 0.15) is 52.5 Å². The van der Waals surface area contributed by atoms with E-state index in [1.165, 1.54) is 11.3 Å². The fourth-order valence-electron chi connectivity index (χ4n) is 3.95. The quantitative estimate of drug-likeness (QED) is 0.391. The van der Waals surface area contributed by atoms with Gasteiger partial charge in [-0.15, -0.1) is 4.95 Å². The molecular weight excluding hydrogens is 307 g/mol. The lowest BCUT2D eigenvalue weighted by Crippen LogP contribution is -2.59. The predicted molar refractivity (Wildman–Crippen MR) is 91.1 cm³/mol. The van der Waals surface area contributed by atoms with Crippen molar-refractivity contribution in [2.75, 3.05) is 0 Å². The molecule has 0 unspecified atom stereocenters. The van der Waals surface area contributed by atoms with E-state index < -0.39 is 5.95 Å². The molecule has 0 bridgehead atoms. The highest BCUT2D eigenvalue weighted by molar-refractivity contribution is 5.87. The van der Waals surface area contributed by atoms with Gasteiger partial charge in [0.05, 0.1) is 5.10 Å².